The fourth-order valence-electron chi connectivity index (χ4n) is 3.05. The second kappa shape index (κ2) is 7.93. The van der Waals surface area contributed by atoms with Gasteiger partial charge in [-0.25, -0.2) is 0 Å². The minimum absolute atomic E-state index is 0.117. The Morgan fingerprint density at radius 3 is 2.54 bits per heavy atom. The van der Waals surface area contributed by atoms with Crippen LogP contribution in [0.5, 0.6) is 0 Å². The van der Waals surface area contributed by atoms with Crippen molar-refractivity contribution in [1.82, 2.24) is 0 Å². The summed E-state index contributed by atoms with van der Waals surface area (Å²) >= 11 is 0. The Morgan fingerprint density at radius 1 is 1.08 bits per heavy atom. The number of para-hydroxylation sites is 1. The van der Waals surface area contributed by atoms with E-state index < -0.39 is 0 Å². The molecule has 4 N–H and O–H groups in total. The molecule has 0 atom stereocenters. The second-order valence-electron chi connectivity index (χ2n) is 6.38. The highest BCUT2D eigenvalue weighted by Gasteiger charge is 2.20. The Balaban J connectivity index is 2.07. The maximum Gasteiger partial charge on any atom is 0.249 e. The molecule has 0 saturated heterocycles. The lowest BCUT2D eigenvalue weighted by Gasteiger charge is -2.06. The molecule has 132 valence electrons. The number of carbonyl (C=O) groups excluding carboxylic acids is 1. The van der Waals surface area contributed by atoms with Gasteiger partial charge < -0.3 is 11.5 Å². The van der Waals surface area contributed by atoms with Crippen molar-refractivity contribution in [3.8, 4) is 0 Å². The molecule has 3 aromatic rings. The van der Waals surface area contributed by atoms with E-state index in [1.165, 1.54) is 0 Å². The van der Waals surface area contributed by atoms with Gasteiger partial charge in [0.2, 0.25) is 17.0 Å². The number of hydrogen-bond acceptors (Lipinski definition) is 3. The number of nitrogens with zero attached hydrogens (tertiary/aromatic N) is 1. The van der Waals surface area contributed by atoms with E-state index in [2.05, 4.69) is 6.07 Å². The molecule has 1 heterocycles. The first kappa shape index (κ1) is 17.8. The van der Waals surface area contributed by atoms with Crippen molar-refractivity contribution in [3.63, 3.8) is 0 Å². The van der Waals surface area contributed by atoms with E-state index in [0.717, 1.165) is 27.7 Å². The first-order valence-corrected chi connectivity index (χ1v) is 8.79. The van der Waals surface area contributed by atoms with Crippen molar-refractivity contribution >= 4 is 34.5 Å². The summed E-state index contributed by atoms with van der Waals surface area (Å²) in [6.07, 6.45) is 5.25. The third-order valence-electron chi connectivity index (χ3n) is 4.52. The van der Waals surface area contributed by atoms with E-state index >= 15 is 0 Å². The molecule has 0 fully saturated rings. The lowest BCUT2D eigenvalue weighted by Crippen LogP contribution is -2.37. The number of hydrogen-bond donors (Lipinski definition) is 2. The Hall–Kier alpha value is -2.98. The molecule has 0 aliphatic heterocycles. The number of nitrogen functional groups attached to an aromatic ring is 1. The topological polar surface area (TPSA) is 73.0 Å². The molecule has 0 bridgehead atoms. The Kier molecular flexibility index (Phi) is 5.44. The molecule has 0 amide bonds. The molecule has 0 radical (unpaired) electrons. The van der Waals surface area contributed by atoms with Crippen molar-refractivity contribution in [2.75, 3.05) is 12.3 Å². The lowest BCUT2D eigenvalue weighted by atomic mass is 10.0. The van der Waals surface area contributed by atoms with Crippen molar-refractivity contribution in [2.24, 2.45) is 12.8 Å². The minimum atomic E-state index is 0.117. The summed E-state index contributed by atoms with van der Waals surface area (Å²) in [6.45, 7) is 0.521. The molecule has 26 heavy (non-hydrogen) atoms. The largest absolute Gasteiger partial charge is 0.399 e. The van der Waals surface area contributed by atoms with Crippen LogP contribution in [0.1, 0.15) is 34.5 Å². The van der Waals surface area contributed by atoms with Crippen molar-refractivity contribution in [1.29, 1.82) is 0 Å². The van der Waals surface area contributed by atoms with Crippen LogP contribution in [0.2, 0.25) is 0 Å². The molecule has 0 aliphatic rings. The zero-order valence-corrected chi connectivity index (χ0v) is 15.0. The maximum atomic E-state index is 12.6. The molecule has 0 saturated carbocycles. The fraction of sp³-hybridized carbons (Fsp3) is 0.182. The van der Waals surface area contributed by atoms with E-state index in [1.54, 1.807) is 0 Å². The summed E-state index contributed by atoms with van der Waals surface area (Å²) in [6, 6.07) is 17.8. The Labute approximate surface area is 153 Å². The van der Waals surface area contributed by atoms with Crippen LogP contribution >= 0.6 is 0 Å². The van der Waals surface area contributed by atoms with Crippen LogP contribution in [0.25, 0.3) is 23.1 Å². The average Bonchev–Trinajstić information content (AvgIpc) is 2.67. The molecule has 0 aliphatic carbocycles. The SMILES string of the molecule is C[n+]1c(C(=O)CCCN)cc(C=Cc2ccc(N)cc2)c2ccccc21. The van der Waals surface area contributed by atoms with Crippen LogP contribution in [0.3, 0.4) is 0 Å². The van der Waals surface area contributed by atoms with Gasteiger partial charge in [0.1, 0.15) is 7.05 Å². The minimum Gasteiger partial charge on any atom is -0.399 e. The van der Waals surface area contributed by atoms with Crippen LogP contribution in [0.15, 0.2) is 54.6 Å². The lowest BCUT2D eigenvalue weighted by molar-refractivity contribution is -0.646. The number of aromatic nitrogens is 1. The number of nitrogens with two attached hydrogens (primary N) is 2. The molecule has 3 rings (SSSR count). The van der Waals surface area contributed by atoms with Gasteiger partial charge in [-0.2, -0.15) is 4.57 Å². The Bertz CT molecular complexity index is 959. The number of rotatable bonds is 6. The summed E-state index contributed by atoms with van der Waals surface area (Å²) in [5.74, 6) is 0.117. The van der Waals surface area contributed by atoms with Gasteiger partial charge in [-0.15, -0.1) is 0 Å². The first-order chi connectivity index (χ1) is 12.6. The van der Waals surface area contributed by atoms with E-state index in [-0.39, 0.29) is 5.78 Å². The molecule has 0 unspecified atom stereocenters. The molecule has 4 heteroatoms. The predicted molar refractivity (Wildman–Crippen MR) is 108 cm³/mol. The van der Waals surface area contributed by atoms with Crippen molar-refractivity contribution in [2.45, 2.75) is 12.8 Å². The van der Waals surface area contributed by atoms with Crippen molar-refractivity contribution < 1.29 is 9.36 Å². The highest BCUT2D eigenvalue weighted by Crippen LogP contribution is 2.20. The second-order valence-corrected chi connectivity index (χ2v) is 6.38. The van der Waals surface area contributed by atoms with Gasteiger partial charge in [-0.1, -0.05) is 36.4 Å². The normalized spacial score (nSPS) is 11.3. The van der Waals surface area contributed by atoms with Crippen LogP contribution in [0, 0.1) is 0 Å². The van der Waals surface area contributed by atoms with Gasteiger partial charge in [0.25, 0.3) is 0 Å². The first-order valence-electron chi connectivity index (χ1n) is 8.79. The number of anilines is 1. The number of pyridine rings is 1. The molecule has 1 aromatic heterocycles. The van der Waals surface area contributed by atoms with Crippen LogP contribution < -0.4 is 16.0 Å². The van der Waals surface area contributed by atoms with Gasteiger partial charge in [-0.05, 0) is 42.3 Å². The number of benzene rings is 2. The van der Waals surface area contributed by atoms with Gasteiger partial charge >= 0.3 is 0 Å². The van der Waals surface area contributed by atoms with E-state index in [0.29, 0.717) is 25.1 Å². The summed E-state index contributed by atoms with van der Waals surface area (Å²) in [5.41, 5.74) is 15.9. The average molecular weight is 346 g/mol. The summed E-state index contributed by atoms with van der Waals surface area (Å²) in [4.78, 5) is 12.6. The zero-order chi connectivity index (χ0) is 18.5. The smallest absolute Gasteiger partial charge is 0.249 e. The standard InChI is InChI=1S/C22H23N3O/c1-25-20-6-3-2-5-19(20)17(15-21(25)22(26)7-4-14-23)11-8-16-9-12-18(24)13-10-16/h2-3,5-6,8-13,15,24H,4,7,14,23H2,1H3/p+1. The number of fused-ring (bicyclic) bond motifs is 1. The zero-order valence-electron chi connectivity index (χ0n) is 15.0. The van der Waals surface area contributed by atoms with Crippen LogP contribution in [-0.2, 0) is 7.05 Å². The quantitative estimate of drug-likeness (QED) is 0.408. The third-order valence-corrected chi connectivity index (χ3v) is 4.52. The highest BCUT2D eigenvalue weighted by atomic mass is 16.1. The molecule has 0 spiro atoms. The van der Waals surface area contributed by atoms with Gasteiger partial charge in [-0.3, -0.25) is 4.79 Å². The number of Topliss-reactive ketones (excluding diaryl/α,β-unsaturated/α-hetero) is 1. The van der Waals surface area contributed by atoms with Gasteiger partial charge in [0.15, 0.2) is 0 Å². The van der Waals surface area contributed by atoms with E-state index in [4.69, 9.17) is 11.5 Å². The third kappa shape index (κ3) is 3.81. The summed E-state index contributed by atoms with van der Waals surface area (Å²) < 4.78 is 1.97. The monoisotopic (exact) mass is 346 g/mol. The number of ketones is 1. The summed E-state index contributed by atoms with van der Waals surface area (Å²) in [5, 5.41) is 1.11. The molecule has 2 aromatic carbocycles. The van der Waals surface area contributed by atoms with E-state index in [1.807, 2.05) is 72.3 Å². The Morgan fingerprint density at radius 2 is 1.81 bits per heavy atom. The van der Waals surface area contributed by atoms with Gasteiger partial charge in [0.05, 0.1) is 5.39 Å². The number of aryl methyl sites for hydroxylation is 1. The molecule has 4 nitrogen and oxygen atoms in total. The van der Waals surface area contributed by atoms with Gasteiger partial charge in [0, 0.05) is 24.2 Å². The fourth-order valence-corrected chi connectivity index (χ4v) is 3.05. The van der Waals surface area contributed by atoms with Crippen molar-refractivity contribution in [3.05, 3.63) is 71.4 Å². The highest BCUT2D eigenvalue weighted by molar-refractivity contribution is 5.97. The maximum absolute atomic E-state index is 12.6. The summed E-state index contributed by atoms with van der Waals surface area (Å²) in [7, 11) is 1.94. The predicted octanol–water partition coefficient (Wildman–Crippen LogP) is 3.34. The molecular weight excluding hydrogens is 322 g/mol. The van der Waals surface area contributed by atoms with E-state index in [9.17, 15) is 4.79 Å². The van der Waals surface area contributed by atoms with Crippen LogP contribution in [-0.4, -0.2) is 12.3 Å². The van der Waals surface area contributed by atoms with Crippen LogP contribution in [0.4, 0.5) is 5.69 Å². The number of carbonyl (C=O) groups is 1. The molecular formula is C22H24N3O+.